The number of imide groups is 1. The highest BCUT2D eigenvalue weighted by Gasteiger charge is 2.29. The third-order valence-corrected chi connectivity index (χ3v) is 3.99. The lowest BCUT2D eigenvalue weighted by Gasteiger charge is -2.20. The Hall–Kier alpha value is -2.70. The Labute approximate surface area is 152 Å². The van der Waals surface area contributed by atoms with E-state index in [1.165, 1.54) is 0 Å². The highest BCUT2D eigenvalue weighted by atomic mass is 16.5. The van der Waals surface area contributed by atoms with Crippen molar-refractivity contribution in [1.29, 1.82) is 0 Å². The van der Waals surface area contributed by atoms with Crippen molar-refractivity contribution in [1.82, 2.24) is 10.2 Å². The maximum Gasteiger partial charge on any atom is 0.308 e. The number of hydrogen-bond acceptors (Lipinski definition) is 5. The van der Waals surface area contributed by atoms with E-state index in [0.717, 1.165) is 10.5 Å². The van der Waals surface area contributed by atoms with Crippen molar-refractivity contribution < 1.29 is 23.9 Å². The topological polar surface area (TPSA) is 92.8 Å². The van der Waals surface area contributed by atoms with Crippen molar-refractivity contribution in [3.8, 4) is 0 Å². The monoisotopic (exact) mass is 360 g/mol. The molecule has 7 heteroatoms. The first-order valence-electron chi connectivity index (χ1n) is 8.73. The number of hydrogen-bond donors (Lipinski definition) is 1. The molecule has 1 fully saturated rings. The van der Waals surface area contributed by atoms with Crippen LogP contribution in [0.2, 0.25) is 0 Å². The van der Waals surface area contributed by atoms with E-state index in [-0.39, 0.29) is 56.1 Å². The SMILES string of the molecule is CC(C)OC(=O)C[C@@H](NC(=O)CCN1C(=O)CCC1=O)c1ccccc1. The van der Waals surface area contributed by atoms with E-state index < -0.39 is 12.0 Å². The Bertz CT molecular complexity index is 656. The second-order valence-electron chi connectivity index (χ2n) is 6.46. The molecule has 0 unspecified atom stereocenters. The van der Waals surface area contributed by atoms with Gasteiger partial charge in [-0.1, -0.05) is 30.3 Å². The van der Waals surface area contributed by atoms with Gasteiger partial charge in [0, 0.05) is 25.8 Å². The van der Waals surface area contributed by atoms with Gasteiger partial charge in [-0.05, 0) is 19.4 Å². The molecule has 1 heterocycles. The Morgan fingerprint density at radius 1 is 1.12 bits per heavy atom. The largest absolute Gasteiger partial charge is 0.463 e. The number of nitrogens with zero attached hydrogens (tertiary/aromatic N) is 1. The number of amides is 3. The molecular weight excluding hydrogens is 336 g/mol. The van der Waals surface area contributed by atoms with Gasteiger partial charge in [-0.2, -0.15) is 0 Å². The first kappa shape index (κ1) is 19.6. The summed E-state index contributed by atoms with van der Waals surface area (Å²) in [5.74, 6) is -1.23. The molecule has 140 valence electrons. The Kier molecular flexibility index (Phi) is 6.89. The molecule has 1 atom stereocenters. The summed E-state index contributed by atoms with van der Waals surface area (Å²) < 4.78 is 5.17. The summed E-state index contributed by atoms with van der Waals surface area (Å²) in [6.07, 6.45) is 0.180. The van der Waals surface area contributed by atoms with Crippen LogP contribution >= 0.6 is 0 Å². The lowest BCUT2D eigenvalue weighted by molar-refractivity contribution is -0.148. The third-order valence-electron chi connectivity index (χ3n) is 3.99. The minimum Gasteiger partial charge on any atom is -0.463 e. The van der Waals surface area contributed by atoms with Crippen LogP contribution in [0.25, 0.3) is 0 Å². The van der Waals surface area contributed by atoms with Crippen molar-refractivity contribution in [3.05, 3.63) is 35.9 Å². The second kappa shape index (κ2) is 9.12. The smallest absolute Gasteiger partial charge is 0.308 e. The molecule has 26 heavy (non-hydrogen) atoms. The first-order valence-corrected chi connectivity index (χ1v) is 8.73. The maximum absolute atomic E-state index is 12.3. The van der Waals surface area contributed by atoms with Crippen LogP contribution < -0.4 is 5.32 Å². The van der Waals surface area contributed by atoms with Crippen LogP contribution in [-0.4, -0.2) is 41.2 Å². The molecule has 0 aromatic heterocycles. The molecule has 0 spiro atoms. The molecule has 1 aromatic carbocycles. The number of carbonyl (C=O) groups excluding carboxylic acids is 4. The molecule has 1 aliphatic heterocycles. The summed E-state index contributed by atoms with van der Waals surface area (Å²) in [5.41, 5.74) is 0.787. The van der Waals surface area contributed by atoms with Crippen molar-refractivity contribution >= 4 is 23.7 Å². The fourth-order valence-corrected chi connectivity index (χ4v) is 2.77. The Morgan fingerprint density at radius 3 is 2.31 bits per heavy atom. The number of nitrogens with one attached hydrogen (secondary N) is 1. The number of rotatable bonds is 8. The molecule has 7 nitrogen and oxygen atoms in total. The number of benzene rings is 1. The second-order valence-corrected chi connectivity index (χ2v) is 6.46. The quantitative estimate of drug-likeness (QED) is 0.563. The Balaban J connectivity index is 1.96. The lowest BCUT2D eigenvalue weighted by Crippen LogP contribution is -2.36. The maximum atomic E-state index is 12.3. The van der Waals surface area contributed by atoms with E-state index in [1.54, 1.807) is 13.8 Å². The summed E-state index contributed by atoms with van der Waals surface area (Å²) in [4.78, 5) is 48.6. The molecule has 1 aliphatic rings. The van der Waals surface area contributed by atoms with Crippen LogP contribution in [0.4, 0.5) is 0 Å². The predicted octanol–water partition coefficient (Wildman–Crippen LogP) is 1.72. The van der Waals surface area contributed by atoms with Gasteiger partial charge in [0.1, 0.15) is 0 Å². The molecule has 1 N–H and O–H groups in total. The molecule has 0 saturated carbocycles. The zero-order valence-electron chi connectivity index (χ0n) is 15.1. The molecule has 0 radical (unpaired) electrons. The molecule has 0 bridgehead atoms. The van der Waals surface area contributed by atoms with Crippen molar-refractivity contribution in [2.75, 3.05) is 6.54 Å². The average molecular weight is 360 g/mol. The van der Waals surface area contributed by atoms with Crippen molar-refractivity contribution in [2.24, 2.45) is 0 Å². The highest BCUT2D eigenvalue weighted by molar-refractivity contribution is 6.02. The molecule has 1 saturated heterocycles. The van der Waals surface area contributed by atoms with Crippen molar-refractivity contribution in [2.45, 2.75) is 51.7 Å². The van der Waals surface area contributed by atoms with Gasteiger partial charge in [0.15, 0.2) is 0 Å². The zero-order valence-corrected chi connectivity index (χ0v) is 15.1. The molecule has 2 rings (SSSR count). The standard InChI is InChI=1S/C19H24N2O5/c1-13(2)26-19(25)12-15(14-6-4-3-5-7-14)20-16(22)10-11-21-17(23)8-9-18(21)24/h3-7,13,15H,8-12H2,1-2H3,(H,20,22)/t15-/m1/s1. The number of ether oxygens (including phenoxy) is 1. The normalized spacial score (nSPS) is 15.3. The van der Waals surface area contributed by atoms with Gasteiger partial charge in [-0.25, -0.2) is 0 Å². The Morgan fingerprint density at radius 2 is 1.73 bits per heavy atom. The van der Waals surface area contributed by atoms with E-state index in [9.17, 15) is 19.2 Å². The summed E-state index contributed by atoms with van der Waals surface area (Å²) in [5, 5.41) is 2.80. The zero-order chi connectivity index (χ0) is 19.1. The van der Waals surface area contributed by atoms with E-state index in [4.69, 9.17) is 4.74 Å². The van der Waals surface area contributed by atoms with E-state index >= 15 is 0 Å². The van der Waals surface area contributed by atoms with Gasteiger partial charge in [0.05, 0.1) is 18.6 Å². The molecule has 0 aliphatic carbocycles. The highest BCUT2D eigenvalue weighted by Crippen LogP contribution is 2.18. The van der Waals surface area contributed by atoms with Crippen molar-refractivity contribution in [3.63, 3.8) is 0 Å². The van der Waals surface area contributed by atoms with E-state index in [2.05, 4.69) is 5.32 Å². The van der Waals surface area contributed by atoms with Crippen LogP contribution in [0.5, 0.6) is 0 Å². The first-order chi connectivity index (χ1) is 12.4. The van der Waals surface area contributed by atoms with Crippen LogP contribution in [0.3, 0.4) is 0 Å². The van der Waals surface area contributed by atoms with E-state index in [1.807, 2.05) is 30.3 Å². The van der Waals surface area contributed by atoms with Gasteiger partial charge in [-0.3, -0.25) is 24.1 Å². The third kappa shape index (κ3) is 5.68. The van der Waals surface area contributed by atoms with Crippen LogP contribution in [0.1, 0.15) is 51.1 Å². The predicted molar refractivity (Wildman–Crippen MR) is 93.7 cm³/mol. The van der Waals surface area contributed by atoms with Gasteiger partial charge in [0.2, 0.25) is 17.7 Å². The van der Waals surface area contributed by atoms with Gasteiger partial charge in [0.25, 0.3) is 0 Å². The average Bonchev–Trinajstić information content (AvgIpc) is 2.90. The summed E-state index contributed by atoms with van der Waals surface area (Å²) in [6, 6.07) is 8.61. The summed E-state index contributed by atoms with van der Waals surface area (Å²) in [6.45, 7) is 3.58. The van der Waals surface area contributed by atoms with Gasteiger partial charge < -0.3 is 10.1 Å². The van der Waals surface area contributed by atoms with Gasteiger partial charge in [-0.15, -0.1) is 0 Å². The number of carbonyl (C=O) groups is 4. The fraction of sp³-hybridized carbons (Fsp3) is 0.474. The van der Waals surface area contributed by atoms with Crippen LogP contribution in [0.15, 0.2) is 30.3 Å². The van der Waals surface area contributed by atoms with E-state index in [0.29, 0.717) is 0 Å². The number of esters is 1. The van der Waals surface area contributed by atoms with Gasteiger partial charge >= 0.3 is 5.97 Å². The van der Waals surface area contributed by atoms with Crippen LogP contribution in [0, 0.1) is 0 Å². The minimum atomic E-state index is -0.528. The molecular formula is C19H24N2O5. The summed E-state index contributed by atoms with van der Waals surface area (Å²) in [7, 11) is 0. The van der Waals surface area contributed by atoms with Crippen LogP contribution in [-0.2, 0) is 23.9 Å². The molecule has 1 aromatic rings. The molecule has 3 amide bonds. The lowest BCUT2D eigenvalue weighted by atomic mass is 10.0. The number of likely N-dealkylation sites (tertiary alicyclic amines) is 1. The minimum absolute atomic E-state index is 0.0000414. The fourth-order valence-electron chi connectivity index (χ4n) is 2.77. The summed E-state index contributed by atoms with van der Waals surface area (Å²) >= 11 is 0.